The molecule has 1 aromatic rings. The second-order valence-electron chi connectivity index (χ2n) is 4.61. The van der Waals surface area contributed by atoms with E-state index in [4.69, 9.17) is 11.1 Å². The molecule has 1 saturated heterocycles. The smallest absolute Gasteiger partial charge is 0.124 e. The number of nitrogens with zero attached hydrogens (tertiary/aromatic N) is 1. The van der Waals surface area contributed by atoms with E-state index in [2.05, 4.69) is 33.8 Å². The van der Waals surface area contributed by atoms with Gasteiger partial charge in [0.05, 0.1) is 0 Å². The molecule has 0 radical (unpaired) electrons. The van der Waals surface area contributed by atoms with Crippen molar-refractivity contribution in [3.63, 3.8) is 0 Å². The Morgan fingerprint density at radius 2 is 2.24 bits per heavy atom. The third kappa shape index (κ3) is 2.63. The molecule has 0 aliphatic carbocycles. The normalized spacial score (nSPS) is 20.4. The summed E-state index contributed by atoms with van der Waals surface area (Å²) >= 11 is 3.49. The fourth-order valence-corrected chi connectivity index (χ4v) is 2.78. The number of nitrogen functional groups attached to an aromatic ring is 1. The molecule has 3 nitrogen and oxygen atoms in total. The van der Waals surface area contributed by atoms with Crippen LogP contribution in [0.5, 0.6) is 0 Å². The van der Waals surface area contributed by atoms with Gasteiger partial charge < -0.3 is 10.6 Å². The fraction of sp³-hybridized carbons (Fsp3) is 0.462. The minimum atomic E-state index is 0.144. The highest BCUT2D eigenvalue weighted by molar-refractivity contribution is 9.10. The number of piperidine rings is 1. The number of hydrogen-bond donors (Lipinski definition) is 2. The second-order valence-corrected chi connectivity index (χ2v) is 5.53. The van der Waals surface area contributed by atoms with Gasteiger partial charge in [-0.15, -0.1) is 0 Å². The zero-order valence-electron chi connectivity index (χ0n) is 10.0. The number of nitrogens with one attached hydrogen (secondary N) is 1. The predicted octanol–water partition coefficient (Wildman–Crippen LogP) is 3.11. The van der Waals surface area contributed by atoms with E-state index in [9.17, 15) is 0 Å². The van der Waals surface area contributed by atoms with Crippen molar-refractivity contribution >= 4 is 27.5 Å². The molecule has 17 heavy (non-hydrogen) atoms. The van der Waals surface area contributed by atoms with Gasteiger partial charge >= 0.3 is 0 Å². The Kier molecular flexibility index (Phi) is 3.72. The van der Waals surface area contributed by atoms with Gasteiger partial charge in [-0.25, -0.2) is 0 Å². The lowest BCUT2D eigenvalue weighted by Gasteiger charge is -2.36. The monoisotopic (exact) mass is 295 g/mol. The fourth-order valence-electron chi connectivity index (χ4n) is 2.43. The summed E-state index contributed by atoms with van der Waals surface area (Å²) < 4.78 is 1.04. The Labute approximate surface area is 111 Å². The maximum atomic E-state index is 7.67. The van der Waals surface area contributed by atoms with E-state index < -0.39 is 0 Å². The van der Waals surface area contributed by atoms with Crippen molar-refractivity contribution in [3.8, 4) is 0 Å². The van der Waals surface area contributed by atoms with E-state index in [1.807, 2.05) is 12.1 Å². The van der Waals surface area contributed by atoms with Crippen LogP contribution >= 0.6 is 15.9 Å². The minimum Gasteiger partial charge on any atom is -0.384 e. The zero-order valence-corrected chi connectivity index (χ0v) is 11.6. The highest BCUT2D eigenvalue weighted by Gasteiger charge is 2.21. The van der Waals surface area contributed by atoms with Crippen molar-refractivity contribution in [2.24, 2.45) is 5.73 Å². The molecule has 1 heterocycles. The third-order valence-electron chi connectivity index (χ3n) is 3.36. The van der Waals surface area contributed by atoms with Gasteiger partial charge in [0, 0.05) is 28.3 Å². The van der Waals surface area contributed by atoms with Crippen LogP contribution in [0.15, 0.2) is 22.7 Å². The molecule has 1 aliphatic heterocycles. The van der Waals surface area contributed by atoms with E-state index in [1.54, 1.807) is 0 Å². The van der Waals surface area contributed by atoms with Gasteiger partial charge in [0.2, 0.25) is 0 Å². The molecular weight excluding hydrogens is 278 g/mol. The summed E-state index contributed by atoms with van der Waals surface area (Å²) in [5, 5.41) is 7.67. The Hall–Kier alpha value is -1.03. The van der Waals surface area contributed by atoms with Gasteiger partial charge in [0.25, 0.3) is 0 Å². The Morgan fingerprint density at radius 3 is 2.88 bits per heavy atom. The first kappa shape index (κ1) is 12.4. The average Bonchev–Trinajstić information content (AvgIpc) is 2.29. The van der Waals surface area contributed by atoms with Crippen LogP contribution in [0.3, 0.4) is 0 Å². The molecule has 4 heteroatoms. The lowest BCUT2D eigenvalue weighted by molar-refractivity contribution is 0.484. The lowest BCUT2D eigenvalue weighted by Crippen LogP contribution is -2.38. The zero-order chi connectivity index (χ0) is 12.4. The standard InChI is InChI=1S/C13H18BrN3/c1-9-4-2-3-7-17(9)12-8-10(14)5-6-11(12)13(15)16/h5-6,8-9H,2-4,7H2,1H3,(H3,15,16). The van der Waals surface area contributed by atoms with Crippen LogP contribution < -0.4 is 10.6 Å². The van der Waals surface area contributed by atoms with Crippen LogP contribution in [0, 0.1) is 5.41 Å². The lowest BCUT2D eigenvalue weighted by atomic mass is 10.0. The number of rotatable bonds is 2. The molecule has 1 fully saturated rings. The number of nitrogens with two attached hydrogens (primary N) is 1. The van der Waals surface area contributed by atoms with Crippen molar-refractivity contribution in [2.75, 3.05) is 11.4 Å². The number of amidine groups is 1. The molecule has 0 amide bonds. The van der Waals surface area contributed by atoms with Gasteiger partial charge in [-0.3, -0.25) is 5.41 Å². The van der Waals surface area contributed by atoms with Gasteiger partial charge in [-0.1, -0.05) is 15.9 Å². The Bertz CT molecular complexity index is 431. The summed E-state index contributed by atoms with van der Waals surface area (Å²) in [5.41, 5.74) is 7.58. The molecule has 1 unspecified atom stereocenters. The Balaban J connectivity index is 2.41. The average molecular weight is 296 g/mol. The van der Waals surface area contributed by atoms with E-state index in [-0.39, 0.29) is 5.84 Å². The summed E-state index contributed by atoms with van der Waals surface area (Å²) in [6, 6.07) is 6.45. The van der Waals surface area contributed by atoms with Gasteiger partial charge in [-0.2, -0.15) is 0 Å². The highest BCUT2D eigenvalue weighted by atomic mass is 79.9. The number of halogens is 1. The molecule has 0 bridgehead atoms. The quantitative estimate of drug-likeness (QED) is 0.651. The number of benzene rings is 1. The van der Waals surface area contributed by atoms with Crippen molar-refractivity contribution < 1.29 is 0 Å². The maximum Gasteiger partial charge on any atom is 0.124 e. The van der Waals surface area contributed by atoms with Gasteiger partial charge in [0.1, 0.15) is 5.84 Å². The highest BCUT2D eigenvalue weighted by Crippen LogP contribution is 2.30. The van der Waals surface area contributed by atoms with Crippen LogP contribution in [0.25, 0.3) is 0 Å². The van der Waals surface area contributed by atoms with Crippen LogP contribution in [0.2, 0.25) is 0 Å². The SMILES string of the molecule is CC1CCCCN1c1cc(Br)ccc1C(=N)N. The van der Waals surface area contributed by atoms with Gasteiger partial charge in [0.15, 0.2) is 0 Å². The summed E-state index contributed by atoms with van der Waals surface area (Å²) in [7, 11) is 0. The van der Waals surface area contributed by atoms with Crippen molar-refractivity contribution in [1.29, 1.82) is 5.41 Å². The molecule has 0 saturated carbocycles. The number of anilines is 1. The Morgan fingerprint density at radius 1 is 1.47 bits per heavy atom. The van der Waals surface area contributed by atoms with Crippen molar-refractivity contribution in [1.82, 2.24) is 0 Å². The molecule has 0 spiro atoms. The van der Waals surface area contributed by atoms with E-state index >= 15 is 0 Å². The first-order valence-electron chi connectivity index (χ1n) is 6.00. The molecular formula is C13H18BrN3. The van der Waals surface area contributed by atoms with Crippen LogP contribution in [0.4, 0.5) is 5.69 Å². The number of hydrogen-bond acceptors (Lipinski definition) is 2. The molecule has 2 rings (SSSR count). The van der Waals surface area contributed by atoms with E-state index in [0.717, 1.165) is 22.3 Å². The topological polar surface area (TPSA) is 53.1 Å². The minimum absolute atomic E-state index is 0.144. The van der Waals surface area contributed by atoms with Crippen LogP contribution in [-0.2, 0) is 0 Å². The largest absolute Gasteiger partial charge is 0.384 e. The first-order valence-corrected chi connectivity index (χ1v) is 6.79. The summed E-state index contributed by atoms with van der Waals surface area (Å²) in [6.45, 7) is 3.29. The van der Waals surface area contributed by atoms with E-state index in [1.165, 1.54) is 19.3 Å². The van der Waals surface area contributed by atoms with E-state index in [0.29, 0.717) is 6.04 Å². The maximum absolute atomic E-state index is 7.67. The van der Waals surface area contributed by atoms with Crippen molar-refractivity contribution in [3.05, 3.63) is 28.2 Å². The molecule has 1 aliphatic rings. The van der Waals surface area contributed by atoms with Gasteiger partial charge in [-0.05, 0) is 44.4 Å². The first-order chi connectivity index (χ1) is 8.09. The third-order valence-corrected chi connectivity index (χ3v) is 3.86. The van der Waals surface area contributed by atoms with Crippen LogP contribution in [0.1, 0.15) is 31.7 Å². The summed E-state index contributed by atoms with van der Waals surface area (Å²) in [6.07, 6.45) is 3.72. The molecule has 3 N–H and O–H groups in total. The summed E-state index contributed by atoms with van der Waals surface area (Å²) in [5.74, 6) is 0.144. The molecule has 92 valence electrons. The molecule has 0 aromatic heterocycles. The molecule has 1 aromatic carbocycles. The second kappa shape index (κ2) is 5.08. The predicted molar refractivity (Wildman–Crippen MR) is 75.8 cm³/mol. The summed E-state index contributed by atoms with van der Waals surface area (Å²) in [4.78, 5) is 2.37. The van der Waals surface area contributed by atoms with Crippen LogP contribution in [-0.4, -0.2) is 18.4 Å². The van der Waals surface area contributed by atoms with Crippen molar-refractivity contribution in [2.45, 2.75) is 32.2 Å². The molecule has 1 atom stereocenters.